The zero-order chi connectivity index (χ0) is 29.5. The van der Waals surface area contributed by atoms with Crippen LogP contribution in [0.4, 0.5) is 0 Å². The Hall–Kier alpha value is -3.46. The van der Waals surface area contributed by atoms with Gasteiger partial charge in [0, 0.05) is 36.3 Å². The lowest BCUT2D eigenvalue weighted by molar-refractivity contribution is 0.417. The number of fused-ring (bicyclic) bond motifs is 1. The summed E-state index contributed by atoms with van der Waals surface area (Å²) in [4.78, 5) is 9.51. The van der Waals surface area contributed by atoms with Crippen LogP contribution in [0.25, 0.3) is 17.1 Å². The Bertz CT molecular complexity index is 1540. The standard InChI is InChI=1S/C39H47N3/c1-24(2)27(7)20-29-23-40-17-16-30(29)39-41-18-19-42(39)38-35(25(3)4)21-28(22-36(38)26(5)6)37-33-14-10-8-12-31(33)32-13-9-11-15-34(32)37/h10-11,14-19,21-27,37H,8-9,12-13,20H2,1-7H3/t27-/m1/s1. The van der Waals surface area contributed by atoms with Crippen molar-refractivity contribution in [1.29, 1.82) is 0 Å². The first-order valence-electron chi connectivity index (χ1n) is 16.2. The van der Waals surface area contributed by atoms with Crippen LogP contribution in [0.2, 0.25) is 0 Å². The second kappa shape index (κ2) is 11.7. The highest BCUT2D eigenvalue weighted by Gasteiger charge is 2.35. The average Bonchev–Trinajstić information content (AvgIpc) is 3.59. The van der Waals surface area contributed by atoms with Gasteiger partial charge in [-0.05, 0) is 106 Å². The summed E-state index contributed by atoms with van der Waals surface area (Å²) in [5.41, 5.74) is 14.3. The Morgan fingerprint density at radius 2 is 1.45 bits per heavy atom. The maximum atomic E-state index is 4.99. The number of hydrogen-bond donors (Lipinski definition) is 0. The van der Waals surface area contributed by atoms with Crippen LogP contribution in [0, 0.1) is 11.8 Å². The van der Waals surface area contributed by atoms with Crippen molar-refractivity contribution in [1.82, 2.24) is 14.5 Å². The van der Waals surface area contributed by atoms with E-state index in [0.29, 0.717) is 29.6 Å². The third-order valence-corrected chi connectivity index (χ3v) is 9.87. The molecule has 2 heterocycles. The first kappa shape index (κ1) is 28.6. The van der Waals surface area contributed by atoms with E-state index in [1.165, 1.54) is 46.3 Å². The minimum absolute atomic E-state index is 0.332. The highest BCUT2D eigenvalue weighted by molar-refractivity contribution is 5.69. The summed E-state index contributed by atoms with van der Waals surface area (Å²) in [6.45, 7) is 16.3. The van der Waals surface area contributed by atoms with E-state index in [0.717, 1.165) is 25.1 Å². The van der Waals surface area contributed by atoms with E-state index in [1.807, 2.05) is 12.4 Å². The molecule has 42 heavy (non-hydrogen) atoms. The van der Waals surface area contributed by atoms with Crippen LogP contribution in [0.1, 0.15) is 114 Å². The van der Waals surface area contributed by atoms with Gasteiger partial charge in [-0.2, -0.15) is 0 Å². The summed E-state index contributed by atoms with van der Waals surface area (Å²) in [5, 5.41) is 0. The van der Waals surface area contributed by atoms with Gasteiger partial charge in [-0.15, -0.1) is 0 Å². The van der Waals surface area contributed by atoms with Crippen LogP contribution < -0.4 is 0 Å². The lowest BCUT2D eigenvalue weighted by Crippen LogP contribution is -2.13. The molecule has 3 aliphatic rings. The minimum atomic E-state index is 0.332. The van der Waals surface area contributed by atoms with Crippen LogP contribution in [0.3, 0.4) is 0 Å². The van der Waals surface area contributed by atoms with Gasteiger partial charge < -0.3 is 0 Å². The Morgan fingerprint density at radius 3 is 2.02 bits per heavy atom. The fourth-order valence-electron chi connectivity index (χ4n) is 7.19. The summed E-state index contributed by atoms with van der Waals surface area (Å²) >= 11 is 0. The van der Waals surface area contributed by atoms with E-state index in [-0.39, 0.29) is 0 Å². The fraction of sp³-hybridized carbons (Fsp3) is 0.436. The molecule has 0 spiro atoms. The molecule has 0 radical (unpaired) electrons. The summed E-state index contributed by atoms with van der Waals surface area (Å²) in [6, 6.07) is 7.21. The maximum Gasteiger partial charge on any atom is 0.144 e. The van der Waals surface area contributed by atoms with Gasteiger partial charge in [-0.1, -0.05) is 84.9 Å². The molecular formula is C39H47N3. The van der Waals surface area contributed by atoms with Crippen molar-refractivity contribution in [3.63, 3.8) is 0 Å². The number of imidazole rings is 1. The van der Waals surface area contributed by atoms with E-state index in [2.05, 4.69) is 113 Å². The number of allylic oxidation sites excluding steroid dienone is 8. The van der Waals surface area contributed by atoms with Crippen LogP contribution in [-0.4, -0.2) is 14.5 Å². The number of rotatable bonds is 8. The molecule has 3 aromatic rings. The number of benzene rings is 1. The molecule has 0 unspecified atom stereocenters. The van der Waals surface area contributed by atoms with Crippen molar-refractivity contribution in [3.8, 4) is 17.1 Å². The Balaban J connectivity index is 1.52. The van der Waals surface area contributed by atoms with Crippen molar-refractivity contribution in [3.05, 3.63) is 112 Å². The molecule has 0 N–H and O–H groups in total. The molecule has 3 aliphatic carbocycles. The molecule has 0 bridgehead atoms. The van der Waals surface area contributed by atoms with Crippen LogP contribution in [0.15, 0.2) is 89.6 Å². The average molecular weight is 558 g/mol. The quantitative estimate of drug-likeness (QED) is 0.276. The highest BCUT2D eigenvalue weighted by Crippen LogP contribution is 2.52. The fourth-order valence-corrected chi connectivity index (χ4v) is 7.19. The predicted molar refractivity (Wildman–Crippen MR) is 176 cm³/mol. The van der Waals surface area contributed by atoms with Crippen molar-refractivity contribution >= 4 is 0 Å². The molecule has 0 fully saturated rings. The maximum absolute atomic E-state index is 4.99. The van der Waals surface area contributed by atoms with E-state index in [1.54, 1.807) is 22.3 Å². The Morgan fingerprint density at radius 1 is 0.833 bits per heavy atom. The molecule has 0 aliphatic heterocycles. The normalized spacial score (nSPS) is 17.7. The van der Waals surface area contributed by atoms with Gasteiger partial charge in [-0.3, -0.25) is 9.55 Å². The molecule has 3 nitrogen and oxygen atoms in total. The molecule has 6 rings (SSSR count). The molecule has 3 heteroatoms. The van der Waals surface area contributed by atoms with Gasteiger partial charge >= 0.3 is 0 Å². The van der Waals surface area contributed by atoms with Crippen molar-refractivity contribution in [2.24, 2.45) is 11.8 Å². The van der Waals surface area contributed by atoms with Crippen molar-refractivity contribution in [2.45, 2.75) is 98.3 Å². The van der Waals surface area contributed by atoms with Gasteiger partial charge in [0.15, 0.2) is 0 Å². The van der Waals surface area contributed by atoms with E-state index < -0.39 is 0 Å². The highest BCUT2D eigenvalue weighted by atomic mass is 15.1. The zero-order valence-corrected chi connectivity index (χ0v) is 26.6. The summed E-state index contributed by atoms with van der Waals surface area (Å²) in [5.74, 6) is 3.28. The third-order valence-electron chi connectivity index (χ3n) is 9.87. The number of pyridine rings is 1. The lowest BCUT2D eigenvalue weighted by atomic mass is 9.80. The van der Waals surface area contributed by atoms with Crippen LogP contribution in [-0.2, 0) is 6.42 Å². The van der Waals surface area contributed by atoms with Gasteiger partial charge in [-0.25, -0.2) is 4.98 Å². The second-order valence-electron chi connectivity index (χ2n) is 13.6. The number of nitrogens with zero attached hydrogens (tertiary/aromatic N) is 3. The summed E-state index contributed by atoms with van der Waals surface area (Å²) in [6.07, 6.45) is 23.4. The zero-order valence-electron chi connectivity index (χ0n) is 26.6. The van der Waals surface area contributed by atoms with Gasteiger partial charge in [0.25, 0.3) is 0 Å². The largest absolute Gasteiger partial charge is 0.299 e. The van der Waals surface area contributed by atoms with Crippen LogP contribution in [0.5, 0.6) is 0 Å². The first-order chi connectivity index (χ1) is 20.3. The monoisotopic (exact) mass is 557 g/mol. The van der Waals surface area contributed by atoms with Crippen LogP contribution >= 0.6 is 0 Å². The van der Waals surface area contributed by atoms with Gasteiger partial charge in [0.05, 0.1) is 5.69 Å². The Kier molecular flexibility index (Phi) is 7.96. The van der Waals surface area contributed by atoms with Crippen molar-refractivity contribution < 1.29 is 0 Å². The SMILES string of the molecule is CC(C)c1cc(C2C3=C(CCC=C3)C3=C2C=CCC3)cc(C(C)C)c1-n1ccnc1-c1ccncc1C[C@@H](C)C(C)C. The number of aromatic nitrogens is 3. The van der Waals surface area contributed by atoms with Gasteiger partial charge in [0.2, 0.25) is 0 Å². The summed E-state index contributed by atoms with van der Waals surface area (Å²) < 4.78 is 2.37. The topological polar surface area (TPSA) is 30.7 Å². The lowest BCUT2D eigenvalue weighted by Gasteiger charge is -2.27. The summed E-state index contributed by atoms with van der Waals surface area (Å²) in [7, 11) is 0. The molecule has 2 aromatic heterocycles. The molecule has 0 saturated heterocycles. The molecule has 1 atom stereocenters. The molecule has 1 aromatic carbocycles. The predicted octanol–water partition coefficient (Wildman–Crippen LogP) is 10.4. The van der Waals surface area contributed by atoms with E-state index in [9.17, 15) is 0 Å². The Labute approximate surface area is 253 Å². The molecule has 0 saturated carbocycles. The van der Waals surface area contributed by atoms with E-state index in [4.69, 9.17) is 4.98 Å². The smallest absolute Gasteiger partial charge is 0.144 e. The molecule has 0 amide bonds. The number of hydrogen-bond acceptors (Lipinski definition) is 2. The van der Waals surface area contributed by atoms with Gasteiger partial charge in [0.1, 0.15) is 5.82 Å². The van der Waals surface area contributed by atoms with Crippen molar-refractivity contribution in [2.75, 3.05) is 0 Å². The first-order valence-corrected chi connectivity index (χ1v) is 16.2. The molecular weight excluding hydrogens is 510 g/mol. The third kappa shape index (κ3) is 5.06. The minimum Gasteiger partial charge on any atom is -0.299 e. The van der Waals surface area contributed by atoms with E-state index >= 15 is 0 Å². The molecule has 218 valence electrons. The second-order valence-corrected chi connectivity index (χ2v) is 13.6.